The average Bonchev–Trinajstić information content (AvgIpc) is 2.76. The Hall–Kier alpha value is -2.15. The average molecular weight is 319 g/mol. The van der Waals surface area contributed by atoms with Gasteiger partial charge in [0.1, 0.15) is 24.9 Å². The second-order valence-electron chi connectivity index (χ2n) is 5.70. The fourth-order valence-electron chi connectivity index (χ4n) is 3.01. The van der Waals surface area contributed by atoms with Gasteiger partial charge < -0.3 is 19.3 Å². The van der Waals surface area contributed by atoms with Crippen LogP contribution >= 0.6 is 0 Å². The molecule has 0 aliphatic carbocycles. The molecular formula is C16H21N3O4. The van der Waals surface area contributed by atoms with E-state index in [0.717, 1.165) is 12.8 Å². The molecule has 1 aromatic rings. The van der Waals surface area contributed by atoms with Gasteiger partial charge in [0.05, 0.1) is 6.54 Å². The van der Waals surface area contributed by atoms with Crippen molar-refractivity contribution >= 4 is 17.5 Å². The third-order valence-corrected chi connectivity index (χ3v) is 4.24. The molecule has 0 N–H and O–H groups in total. The van der Waals surface area contributed by atoms with Crippen molar-refractivity contribution in [3.8, 4) is 5.88 Å². The Morgan fingerprint density at radius 3 is 3.13 bits per heavy atom. The largest absolute Gasteiger partial charge is 0.474 e. The Kier molecular flexibility index (Phi) is 4.76. The van der Waals surface area contributed by atoms with E-state index in [1.807, 2.05) is 6.07 Å². The molecule has 2 aliphatic rings. The maximum atomic E-state index is 12.7. The van der Waals surface area contributed by atoms with Crippen LogP contribution in [0.2, 0.25) is 0 Å². The fraction of sp³-hybridized carbons (Fsp3) is 0.562. The lowest BCUT2D eigenvalue weighted by Gasteiger charge is -2.31. The van der Waals surface area contributed by atoms with Gasteiger partial charge in [-0.1, -0.05) is 0 Å². The van der Waals surface area contributed by atoms with E-state index in [0.29, 0.717) is 37.7 Å². The van der Waals surface area contributed by atoms with Crippen LogP contribution in [0.25, 0.3) is 0 Å². The lowest BCUT2D eigenvalue weighted by molar-refractivity contribution is -0.143. The van der Waals surface area contributed by atoms with E-state index in [2.05, 4.69) is 4.98 Å². The highest BCUT2D eigenvalue weighted by atomic mass is 16.5. The Labute approximate surface area is 135 Å². The van der Waals surface area contributed by atoms with Gasteiger partial charge in [-0.2, -0.15) is 0 Å². The number of amides is 2. The van der Waals surface area contributed by atoms with Crippen molar-refractivity contribution in [2.75, 3.05) is 38.3 Å². The Morgan fingerprint density at radius 1 is 1.43 bits per heavy atom. The van der Waals surface area contributed by atoms with E-state index in [-0.39, 0.29) is 18.4 Å². The predicted molar refractivity (Wildman–Crippen MR) is 83.3 cm³/mol. The summed E-state index contributed by atoms with van der Waals surface area (Å²) in [6.07, 6.45) is 3.72. The van der Waals surface area contributed by atoms with E-state index in [1.165, 1.54) is 7.11 Å². The number of anilines is 1. The number of ether oxygens (including phenoxy) is 2. The van der Waals surface area contributed by atoms with Gasteiger partial charge in [-0.05, 0) is 31.4 Å². The number of carbonyl (C=O) groups is 2. The first-order valence-corrected chi connectivity index (χ1v) is 7.90. The second-order valence-corrected chi connectivity index (χ2v) is 5.70. The number of methoxy groups -OCH3 is 1. The normalized spacial score (nSPS) is 21.4. The van der Waals surface area contributed by atoms with Crippen LogP contribution in [0.5, 0.6) is 5.88 Å². The number of rotatable bonds is 3. The van der Waals surface area contributed by atoms with Gasteiger partial charge in [-0.25, -0.2) is 4.98 Å². The quantitative estimate of drug-likeness (QED) is 0.825. The standard InChI is InChI=1S/C16H21N3O4/c1-22-13-6-2-3-8-18(16(13)21)11-14(20)19-9-10-23-15-12(19)5-4-7-17-15/h4-5,7,13H,2-3,6,8-11H2,1H3. The molecule has 0 aromatic carbocycles. The van der Waals surface area contributed by atoms with Gasteiger partial charge in [0.15, 0.2) is 0 Å². The lowest BCUT2D eigenvalue weighted by atomic mass is 10.2. The minimum absolute atomic E-state index is 0.0625. The Balaban J connectivity index is 1.73. The first-order chi connectivity index (χ1) is 11.2. The maximum Gasteiger partial charge on any atom is 0.252 e. The summed E-state index contributed by atoms with van der Waals surface area (Å²) in [6, 6.07) is 3.58. The molecule has 0 bridgehead atoms. The molecule has 124 valence electrons. The van der Waals surface area contributed by atoms with Crippen molar-refractivity contribution in [3.05, 3.63) is 18.3 Å². The number of likely N-dealkylation sites (tertiary alicyclic amines) is 1. The van der Waals surface area contributed by atoms with Crippen LogP contribution < -0.4 is 9.64 Å². The first-order valence-electron chi connectivity index (χ1n) is 7.90. The molecule has 0 spiro atoms. The van der Waals surface area contributed by atoms with Crippen molar-refractivity contribution in [1.82, 2.24) is 9.88 Å². The number of pyridine rings is 1. The van der Waals surface area contributed by atoms with E-state index >= 15 is 0 Å². The lowest BCUT2D eigenvalue weighted by Crippen LogP contribution is -2.48. The topological polar surface area (TPSA) is 72.0 Å². The molecule has 2 amide bonds. The Morgan fingerprint density at radius 2 is 2.30 bits per heavy atom. The SMILES string of the molecule is COC1CCCCN(CC(=O)N2CCOc3ncccc32)C1=O. The fourth-order valence-corrected chi connectivity index (χ4v) is 3.01. The summed E-state index contributed by atoms with van der Waals surface area (Å²) >= 11 is 0. The maximum absolute atomic E-state index is 12.7. The molecule has 1 unspecified atom stereocenters. The van der Waals surface area contributed by atoms with E-state index in [9.17, 15) is 9.59 Å². The minimum Gasteiger partial charge on any atom is -0.474 e. The summed E-state index contributed by atoms with van der Waals surface area (Å²) in [7, 11) is 1.54. The molecule has 3 heterocycles. The van der Waals surface area contributed by atoms with Gasteiger partial charge in [-0.3, -0.25) is 9.59 Å². The summed E-state index contributed by atoms with van der Waals surface area (Å²) in [5, 5.41) is 0. The molecule has 2 aliphatic heterocycles. The number of aromatic nitrogens is 1. The molecular weight excluding hydrogens is 298 g/mol. The Bertz CT molecular complexity index is 592. The van der Waals surface area contributed by atoms with Crippen LogP contribution in [0.4, 0.5) is 5.69 Å². The van der Waals surface area contributed by atoms with Gasteiger partial charge in [0, 0.05) is 19.9 Å². The van der Waals surface area contributed by atoms with Crippen LogP contribution in [0, 0.1) is 0 Å². The second kappa shape index (κ2) is 6.95. The highest BCUT2D eigenvalue weighted by molar-refractivity contribution is 5.98. The van der Waals surface area contributed by atoms with Crippen LogP contribution in [0.15, 0.2) is 18.3 Å². The van der Waals surface area contributed by atoms with Crippen LogP contribution in [0.3, 0.4) is 0 Å². The molecule has 1 aromatic heterocycles. The molecule has 1 atom stereocenters. The van der Waals surface area contributed by atoms with Crippen molar-refractivity contribution in [2.45, 2.75) is 25.4 Å². The molecule has 3 rings (SSSR count). The summed E-state index contributed by atoms with van der Waals surface area (Å²) in [5.74, 6) is 0.245. The van der Waals surface area contributed by atoms with Crippen LogP contribution in [-0.2, 0) is 14.3 Å². The number of nitrogens with zero attached hydrogens (tertiary/aromatic N) is 3. The third kappa shape index (κ3) is 3.29. The molecule has 23 heavy (non-hydrogen) atoms. The van der Waals surface area contributed by atoms with Crippen molar-refractivity contribution in [1.29, 1.82) is 0 Å². The van der Waals surface area contributed by atoms with E-state index < -0.39 is 6.10 Å². The molecule has 1 saturated heterocycles. The van der Waals surface area contributed by atoms with Gasteiger partial charge in [0.25, 0.3) is 5.91 Å². The molecule has 0 radical (unpaired) electrons. The number of fused-ring (bicyclic) bond motifs is 1. The van der Waals surface area contributed by atoms with Crippen molar-refractivity contribution < 1.29 is 19.1 Å². The number of hydrogen-bond acceptors (Lipinski definition) is 5. The monoisotopic (exact) mass is 319 g/mol. The minimum atomic E-state index is -0.441. The zero-order valence-corrected chi connectivity index (χ0v) is 13.2. The third-order valence-electron chi connectivity index (χ3n) is 4.24. The number of hydrogen-bond donors (Lipinski definition) is 0. The van der Waals surface area contributed by atoms with Gasteiger partial charge in [0.2, 0.25) is 11.8 Å². The highest BCUT2D eigenvalue weighted by Crippen LogP contribution is 2.28. The summed E-state index contributed by atoms with van der Waals surface area (Å²) < 4.78 is 10.7. The molecule has 7 heteroatoms. The smallest absolute Gasteiger partial charge is 0.252 e. The van der Waals surface area contributed by atoms with E-state index in [4.69, 9.17) is 9.47 Å². The zero-order valence-electron chi connectivity index (χ0n) is 13.2. The van der Waals surface area contributed by atoms with Crippen LogP contribution in [0.1, 0.15) is 19.3 Å². The molecule has 1 fully saturated rings. The summed E-state index contributed by atoms with van der Waals surface area (Å²) in [6.45, 7) is 1.53. The molecule has 7 nitrogen and oxygen atoms in total. The van der Waals surface area contributed by atoms with Crippen LogP contribution in [-0.4, -0.2) is 61.2 Å². The molecule has 0 saturated carbocycles. The highest BCUT2D eigenvalue weighted by Gasteiger charge is 2.31. The van der Waals surface area contributed by atoms with E-state index in [1.54, 1.807) is 22.1 Å². The number of carbonyl (C=O) groups excluding carboxylic acids is 2. The first kappa shape index (κ1) is 15.7. The van der Waals surface area contributed by atoms with Crippen molar-refractivity contribution in [3.63, 3.8) is 0 Å². The van der Waals surface area contributed by atoms with Crippen molar-refractivity contribution in [2.24, 2.45) is 0 Å². The zero-order chi connectivity index (χ0) is 16.2. The van der Waals surface area contributed by atoms with Gasteiger partial charge in [-0.15, -0.1) is 0 Å². The summed E-state index contributed by atoms with van der Waals surface area (Å²) in [4.78, 5) is 32.5. The predicted octanol–water partition coefficient (Wildman–Crippen LogP) is 0.834. The summed E-state index contributed by atoms with van der Waals surface area (Å²) in [5.41, 5.74) is 0.661. The van der Waals surface area contributed by atoms with Gasteiger partial charge >= 0.3 is 0 Å².